The molecule has 0 aliphatic rings. The van der Waals surface area contributed by atoms with Crippen LogP contribution >= 0.6 is 0 Å². The van der Waals surface area contributed by atoms with Crippen LogP contribution in [0.2, 0.25) is 0 Å². The molecule has 3 heteroatoms. The number of aliphatic hydroxyl groups excluding tert-OH is 1. The van der Waals surface area contributed by atoms with Gasteiger partial charge in [-0.05, 0) is 26.6 Å². The zero-order valence-electron chi connectivity index (χ0n) is 14.2. The Kier molecular flexibility index (Phi) is 8.75. The standard InChI is InChI=1S/C19H30N2O/c1-5-18(13-17(2)16-22)14-21(12-11-20(3)4)15-19-9-7-6-8-10-19/h5-10,13,18,22H,1,11-12,14-16H2,2-4H3/b17-13-. The van der Waals surface area contributed by atoms with Gasteiger partial charge in [0.15, 0.2) is 0 Å². The first-order valence-electron chi connectivity index (χ1n) is 7.87. The van der Waals surface area contributed by atoms with Gasteiger partial charge in [0.25, 0.3) is 0 Å². The minimum Gasteiger partial charge on any atom is -0.392 e. The Morgan fingerprint density at radius 3 is 2.45 bits per heavy atom. The van der Waals surface area contributed by atoms with Crippen LogP contribution in [-0.2, 0) is 6.54 Å². The van der Waals surface area contributed by atoms with Crippen LogP contribution < -0.4 is 0 Å². The SMILES string of the molecule is C=CC(/C=C(/C)CO)CN(CCN(C)C)Cc1ccccc1. The van der Waals surface area contributed by atoms with Crippen LogP contribution in [-0.4, -0.2) is 55.2 Å². The second kappa shape index (κ2) is 10.3. The Morgan fingerprint density at radius 2 is 1.91 bits per heavy atom. The molecule has 0 saturated heterocycles. The van der Waals surface area contributed by atoms with E-state index in [1.54, 1.807) is 0 Å². The van der Waals surface area contributed by atoms with E-state index in [-0.39, 0.29) is 12.5 Å². The summed E-state index contributed by atoms with van der Waals surface area (Å²) >= 11 is 0. The van der Waals surface area contributed by atoms with Gasteiger partial charge in [0.1, 0.15) is 0 Å². The molecule has 3 nitrogen and oxygen atoms in total. The van der Waals surface area contributed by atoms with Gasteiger partial charge in [-0.3, -0.25) is 4.90 Å². The van der Waals surface area contributed by atoms with Crippen molar-refractivity contribution >= 4 is 0 Å². The molecule has 1 rings (SSSR count). The molecule has 0 radical (unpaired) electrons. The molecule has 0 aromatic heterocycles. The molecule has 22 heavy (non-hydrogen) atoms. The Labute approximate surface area is 135 Å². The minimum atomic E-state index is 0.112. The van der Waals surface area contributed by atoms with E-state index in [1.165, 1.54) is 5.56 Å². The van der Waals surface area contributed by atoms with Crippen LogP contribution in [0.4, 0.5) is 0 Å². The van der Waals surface area contributed by atoms with Crippen LogP contribution in [0, 0.1) is 5.92 Å². The maximum absolute atomic E-state index is 9.20. The fourth-order valence-electron chi connectivity index (χ4n) is 2.33. The summed E-state index contributed by atoms with van der Waals surface area (Å²) in [5, 5.41) is 9.20. The van der Waals surface area contributed by atoms with Crippen LogP contribution in [0.15, 0.2) is 54.6 Å². The lowest BCUT2D eigenvalue weighted by atomic mass is 10.1. The summed E-state index contributed by atoms with van der Waals surface area (Å²) in [5.41, 5.74) is 2.32. The molecule has 1 aromatic carbocycles. The van der Waals surface area contributed by atoms with Crippen molar-refractivity contribution in [3.63, 3.8) is 0 Å². The number of nitrogens with zero attached hydrogens (tertiary/aromatic N) is 2. The molecule has 0 aliphatic carbocycles. The maximum atomic E-state index is 9.20. The molecule has 1 N–H and O–H groups in total. The van der Waals surface area contributed by atoms with E-state index >= 15 is 0 Å². The average Bonchev–Trinajstić information content (AvgIpc) is 2.52. The quantitative estimate of drug-likeness (QED) is 0.673. The van der Waals surface area contributed by atoms with Crippen LogP contribution in [0.25, 0.3) is 0 Å². The fraction of sp³-hybridized carbons (Fsp3) is 0.474. The summed E-state index contributed by atoms with van der Waals surface area (Å²) in [4.78, 5) is 4.65. The predicted molar refractivity (Wildman–Crippen MR) is 94.8 cm³/mol. The number of rotatable bonds is 10. The lowest BCUT2D eigenvalue weighted by molar-refractivity contribution is 0.223. The Bertz CT molecular complexity index is 454. The summed E-state index contributed by atoms with van der Waals surface area (Å²) in [5.74, 6) is 0.262. The van der Waals surface area contributed by atoms with Crippen molar-refractivity contribution in [2.45, 2.75) is 13.5 Å². The topological polar surface area (TPSA) is 26.7 Å². The van der Waals surface area contributed by atoms with Crippen molar-refractivity contribution in [2.75, 3.05) is 40.3 Å². The highest BCUT2D eigenvalue weighted by Crippen LogP contribution is 2.11. The molecule has 0 heterocycles. The molecular weight excluding hydrogens is 272 g/mol. The zero-order chi connectivity index (χ0) is 16.4. The number of benzene rings is 1. The molecule has 0 aliphatic heterocycles. The first kappa shape index (κ1) is 18.6. The Morgan fingerprint density at radius 1 is 1.23 bits per heavy atom. The zero-order valence-corrected chi connectivity index (χ0v) is 14.2. The molecule has 0 amide bonds. The van der Waals surface area contributed by atoms with Crippen molar-refractivity contribution in [1.29, 1.82) is 0 Å². The molecule has 1 aromatic rings. The van der Waals surface area contributed by atoms with Crippen molar-refractivity contribution in [1.82, 2.24) is 9.80 Å². The van der Waals surface area contributed by atoms with Crippen molar-refractivity contribution in [2.24, 2.45) is 5.92 Å². The van der Waals surface area contributed by atoms with Gasteiger partial charge < -0.3 is 10.0 Å². The second-order valence-corrected chi connectivity index (χ2v) is 6.09. The van der Waals surface area contributed by atoms with Gasteiger partial charge in [0.05, 0.1) is 6.61 Å². The van der Waals surface area contributed by atoms with Gasteiger partial charge in [-0.2, -0.15) is 0 Å². The highest BCUT2D eigenvalue weighted by molar-refractivity contribution is 5.15. The monoisotopic (exact) mass is 302 g/mol. The maximum Gasteiger partial charge on any atom is 0.0639 e. The van der Waals surface area contributed by atoms with Crippen LogP contribution in [0.5, 0.6) is 0 Å². The normalized spacial score (nSPS) is 13.6. The number of hydrogen-bond acceptors (Lipinski definition) is 3. The lowest BCUT2D eigenvalue weighted by Crippen LogP contribution is -2.34. The highest BCUT2D eigenvalue weighted by Gasteiger charge is 2.11. The van der Waals surface area contributed by atoms with E-state index in [2.05, 4.69) is 60.8 Å². The third-order valence-electron chi connectivity index (χ3n) is 3.63. The van der Waals surface area contributed by atoms with Gasteiger partial charge >= 0.3 is 0 Å². The minimum absolute atomic E-state index is 0.112. The summed E-state index contributed by atoms with van der Waals surface area (Å²) in [6.07, 6.45) is 4.08. The lowest BCUT2D eigenvalue weighted by Gasteiger charge is -2.26. The van der Waals surface area contributed by atoms with E-state index < -0.39 is 0 Å². The van der Waals surface area contributed by atoms with Gasteiger partial charge in [-0.15, -0.1) is 6.58 Å². The van der Waals surface area contributed by atoms with E-state index in [0.717, 1.165) is 31.8 Å². The summed E-state index contributed by atoms with van der Waals surface area (Å²) in [6.45, 7) is 9.90. The van der Waals surface area contributed by atoms with Crippen molar-refractivity contribution in [3.05, 3.63) is 60.2 Å². The first-order chi connectivity index (χ1) is 10.5. The van der Waals surface area contributed by atoms with Crippen LogP contribution in [0.1, 0.15) is 12.5 Å². The van der Waals surface area contributed by atoms with E-state index in [1.807, 2.05) is 19.1 Å². The van der Waals surface area contributed by atoms with E-state index in [9.17, 15) is 5.11 Å². The van der Waals surface area contributed by atoms with Gasteiger partial charge in [-0.1, -0.05) is 48.1 Å². The number of likely N-dealkylation sites (N-methyl/N-ethyl adjacent to an activating group) is 1. The average molecular weight is 302 g/mol. The molecule has 0 saturated carbocycles. The predicted octanol–water partition coefficient (Wildman–Crippen LogP) is 2.79. The Hall–Kier alpha value is -1.42. The van der Waals surface area contributed by atoms with E-state index in [0.29, 0.717) is 0 Å². The molecular formula is C19H30N2O. The molecule has 1 unspecified atom stereocenters. The Balaban J connectivity index is 2.73. The summed E-state index contributed by atoms with van der Waals surface area (Å²) in [7, 11) is 4.20. The smallest absolute Gasteiger partial charge is 0.0639 e. The molecule has 0 fully saturated rings. The molecule has 122 valence electrons. The van der Waals surface area contributed by atoms with Crippen molar-refractivity contribution < 1.29 is 5.11 Å². The largest absolute Gasteiger partial charge is 0.392 e. The molecule has 0 spiro atoms. The highest BCUT2D eigenvalue weighted by atomic mass is 16.3. The van der Waals surface area contributed by atoms with Gasteiger partial charge in [0, 0.05) is 32.1 Å². The third kappa shape index (κ3) is 7.55. The summed E-state index contributed by atoms with van der Waals surface area (Å²) < 4.78 is 0. The molecule has 0 bridgehead atoms. The van der Waals surface area contributed by atoms with Gasteiger partial charge in [-0.25, -0.2) is 0 Å². The second-order valence-electron chi connectivity index (χ2n) is 6.09. The fourth-order valence-corrected chi connectivity index (χ4v) is 2.33. The molecule has 1 atom stereocenters. The number of hydrogen-bond donors (Lipinski definition) is 1. The first-order valence-corrected chi connectivity index (χ1v) is 7.87. The van der Waals surface area contributed by atoms with E-state index in [4.69, 9.17) is 0 Å². The third-order valence-corrected chi connectivity index (χ3v) is 3.63. The van der Waals surface area contributed by atoms with Crippen molar-refractivity contribution in [3.8, 4) is 0 Å². The van der Waals surface area contributed by atoms with Crippen LogP contribution in [0.3, 0.4) is 0 Å². The number of aliphatic hydroxyl groups is 1. The summed E-state index contributed by atoms with van der Waals surface area (Å²) in [6, 6.07) is 10.6. The van der Waals surface area contributed by atoms with Gasteiger partial charge in [0.2, 0.25) is 0 Å².